The Morgan fingerprint density at radius 2 is 2.17 bits per heavy atom. The maximum Gasteiger partial charge on any atom is 0.266 e. The zero-order valence-electron chi connectivity index (χ0n) is 13.3. The van der Waals surface area contributed by atoms with Crippen molar-refractivity contribution in [1.82, 2.24) is 10.3 Å². The van der Waals surface area contributed by atoms with Crippen molar-refractivity contribution in [3.8, 4) is 0 Å². The van der Waals surface area contributed by atoms with Crippen LogP contribution in [0, 0.1) is 16.2 Å². The molecule has 1 aliphatic heterocycles. The van der Waals surface area contributed by atoms with Crippen LogP contribution in [0.3, 0.4) is 0 Å². The van der Waals surface area contributed by atoms with Gasteiger partial charge >= 0.3 is 0 Å². The largest absolute Gasteiger partial charge is 0.429 e. The molecule has 2 N–H and O–H groups in total. The van der Waals surface area contributed by atoms with E-state index in [4.69, 9.17) is 21.4 Å². The average molecular weight is 344 g/mol. The summed E-state index contributed by atoms with van der Waals surface area (Å²) >= 11 is 5.00. The quantitative estimate of drug-likeness (QED) is 0.818. The van der Waals surface area contributed by atoms with E-state index in [-0.39, 0.29) is 17.4 Å². The standard InChI is InChI=1S/C18H20N2O3S/c21-16(10-3-4-12-13(9-10)23-17(24)19-12)20-14-11-5-8-22-15(11)18(14)6-1-2-7-18/h3-4,9,11,14-15H,1-2,5-8H2,(H,19,24)(H,20,21). The molecule has 6 heteroatoms. The van der Waals surface area contributed by atoms with Gasteiger partial charge in [-0.3, -0.25) is 4.79 Å². The summed E-state index contributed by atoms with van der Waals surface area (Å²) in [6, 6.07) is 5.67. The molecular formula is C18H20N2O3S. The van der Waals surface area contributed by atoms with Crippen LogP contribution in [-0.2, 0) is 4.74 Å². The molecule has 0 radical (unpaired) electrons. The van der Waals surface area contributed by atoms with Crippen LogP contribution in [0.5, 0.6) is 0 Å². The van der Waals surface area contributed by atoms with Gasteiger partial charge in [0, 0.05) is 29.5 Å². The monoisotopic (exact) mass is 344 g/mol. The van der Waals surface area contributed by atoms with E-state index in [1.807, 2.05) is 12.1 Å². The molecule has 2 aliphatic carbocycles. The normalized spacial score (nSPS) is 30.4. The second-order valence-electron chi connectivity index (χ2n) is 7.36. The summed E-state index contributed by atoms with van der Waals surface area (Å²) in [5, 5.41) is 3.31. The Labute approximate surface area is 144 Å². The molecule has 2 aromatic rings. The first-order valence-electron chi connectivity index (χ1n) is 8.73. The first-order chi connectivity index (χ1) is 11.7. The Kier molecular flexibility index (Phi) is 3.16. The van der Waals surface area contributed by atoms with Crippen molar-refractivity contribution in [1.29, 1.82) is 0 Å². The van der Waals surface area contributed by atoms with Gasteiger partial charge in [-0.25, -0.2) is 0 Å². The molecule has 5 nitrogen and oxygen atoms in total. The van der Waals surface area contributed by atoms with E-state index >= 15 is 0 Å². The summed E-state index contributed by atoms with van der Waals surface area (Å²) in [5.74, 6) is 0.452. The van der Waals surface area contributed by atoms with Gasteiger partial charge < -0.3 is 19.5 Å². The number of ether oxygens (including phenoxy) is 1. The van der Waals surface area contributed by atoms with E-state index < -0.39 is 0 Å². The number of hydrogen-bond donors (Lipinski definition) is 2. The lowest BCUT2D eigenvalue weighted by Gasteiger charge is -2.56. The van der Waals surface area contributed by atoms with E-state index in [9.17, 15) is 4.79 Å². The molecule has 126 valence electrons. The highest BCUT2D eigenvalue weighted by molar-refractivity contribution is 7.71. The fourth-order valence-electron chi connectivity index (χ4n) is 5.22. The van der Waals surface area contributed by atoms with Crippen LogP contribution in [0.25, 0.3) is 11.1 Å². The van der Waals surface area contributed by atoms with Crippen molar-refractivity contribution in [3.05, 3.63) is 28.6 Å². The molecule has 1 amide bonds. The Morgan fingerprint density at radius 1 is 1.33 bits per heavy atom. The third-order valence-corrected chi connectivity index (χ3v) is 6.44. The summed E-state index contributed by atoms with van der Waals surface area (Å²) in [7, 11) is 0. The third kappa shape index (κ3) is 1.96. The number of H-pyrrole nitrogens is 1. The molecule has 1 saturated heterocycles. The number of carbonyl (C=O) groups is 1. The predicted molar refractivity (Wildman–Crippen MR) is 91.4 cm³/mol. The summed E-state index contributed by atoms with van der Waals surface area (Å²) in [4.78, 5) is 16.1. The number of hydrogen-bond acceptors (Lipinski definition) is 4. The van der Waals surface area contributed by atoms with Gasteiger partial charge in [-0.05, 0) is 49.7 Å². The number of nitrogens with one attached hydrogen (secondary N) is 2. The van der Waals surface area contributed by atoms with Gasteiger partial charge in [0.05, 0.1) is 11.6 Å². The predicted octanol–water partition coefficient (Wildman–Crippen LogP) is 3.57. The molecule has 1 spiro atoms. The van der Waals surface area contributed by atoms with E-state index in [2.05, 4.69) is 10.3 Å². The summed E-state index contributed by atoms with van der Waals surface area (Å²) < 4.78 is 11.4. The first kappa shape index (κ1) is 14.7. The van der Waals surface area contributed by atoms with E-state index in [1.54, 1.807) is 6.07 Å². The molecule has 1 aromatic heterocycles. The van der Waals surface area contributed by atoms with Gasteiger partial charge in [0.15, 0.2) is 5.58 Å². The lowest BCUT2D eigenvalue weighted by molar-refractivity contribution is -0.126. The van der Waals surface area contributed by atoms with Crippen molar-refractivity contribution in [3.63, 3.8) is 0 Å². The van der Waals surface area contributed by atoms with E-state index in [0.29, 0.717) is 28.0 Å². The lowest BCUT2D eigenvalue weighted by Crippen LogP contribution is -2.68. The Balaban J connectivity index is 1.41. The highest BCUT2D eigenvalue weighted by atomic mass is 32.1. The van der Waals surface area contributed by atoms with Crippen LogP contribution >= 0.6 is 12.2 Å². The highest BCUT2D eigenvalue weighted by Crippen LogP contribution is 2.60. The van der Waals surface area contributed by atoms with E-state index in [0.717, 1.165) is 18.5 Å². The van der Waals surface area contributed by atoms with Gasteiger partial charge in [0.2, 0.25) is 0 Å². The Morgan fingerprint density at radius 3 is 3.00 bits per heavy atom. The van der Waals surface area contributed by atoms with Crippen molar-refractivity contribution >= 4 is 29.2 Å². The molecular weight excluding hydrogens is 324 g/mol. The number of aromatic amines is 1. The van der Waals surface area contributed by atoms with Gasteiger partial charge in [0.25, 0.3) is 10.7 Å². The van der Waals surface area contributed by atoms with Gasteiger partial charge in [-0.15, -0.1) is 0 Å². The zero-order chi connectivity index (χ0) is 16.3. The number of amides is 1. The average Bonchev–Trinajstić information content (AvgIpc) is 3.28. The van der Waals surface area contributed by atoms with Crippen LogP contribution < -0.4 is 5.32 Å². The number of benzene rings is 1. The first-order valence-corrected chi connectivity index (χ1v) is 9.14. The fraction of sp³-hybridized carbons (Fsp3) is 0.556. The SMILES string of the molecule is O=C(NC1C2CCOC2C12CCCC2)c1ccc2[nH]c(=S)oc2c1. The molecule has 3 atom stereocenters. The lowest BCUT2D eigenvalue weighted by atomic mass is 9.54. The number of carbonyl (C=O) groups excluding carboxylic acids is 1. The second-order valence-corrected chi connectivity index (χ2v) is 7.73. The van der Waals surface area contributed by atoms with E-state index in [1.165, 1.54) is 25.7 Å². The fourth-order valence-corrected chi connectivity index (χ4v) is 5.42. The van der Waals surface area contributed by atoms with Crippen molar-refractivity contribution in [2.45, 2.75) is 44.2 Å². The van der Waals surface area contributed by atoms with Crippen LogP contribution in [0.15, 0.2) is 22.6 Å². The molecule has 5 rings (SSSR count). The maximum absolute atomic E-state index is 12.8. The molecule has 0 bridgehead atoms. The van der Waals surface area contributed by atoms with Crippen LogP contribution in [0.4, 0.5) is 0 Å². The van der Waals surface area contributed by atoms with Crippen molar-refractivity contribution in [2.75, 3.05) is 6.61 Å². The van der Waals surface area contributed by atoms with Crippen LogP contribution in [0.2, 0.25) is 0 Å². The third-order valence-electron chi connectivity index (χ3n) is 6.26. The second kappa shape index (κ2) is 5.17. The van der Waals surface area contributed by atoms with Crippen LogP contribution in [0.1, 0.15) is 42.5 Å². The van der Waals surface area contributed by atoms with Crippen molar-refractivity contribution < 1.29 is 13.9 Å². The Hall–Kier alpha value is -1.66. The minimum Gasteiger partial charge on any atom is -0.429 e. The summed E-state index contributed by atoms with van der Waals surface area (Å²) in [6.45, 7) is 0.833. The van der Waals surface area contributed by atoms with Gasteiger partial charge in [-0.1, -0.05) is 12.8 Å². The number of fused-ring (bicyclic) bond motifs is 3. The van der Waals surface area contributed by atoms with Gasteiger partial charge in [-0.2, -0.15) is 0 Å². The number of oxazole rings is 1. The molecule has 24 heavy (non-hydrogen) atoms. The number of rotatable bonds is 2. The molecule has 3 unspecified atom stereocenters. The highest BCUT2D eigenvalue weighted by Gasteiger charge is 2.65. The topological polar surface area (TPSA) is 67.3 Å². The van der Waals surface area contributed by atoms with Gasteiger partial charge in [0.1, 0.15) is 0 Å². The molecule has 2 saturated carbocycles. The summed E-state index contributed by atoms with van der Waals surface area (Å²) in [5.41, 5.74) is 2.24. The maximum atomic E-state index is 12.8. The molecule has 2 heterocycles. The number of aromatic nitrogens is 1. The Bertz CT molecular complexity index is 865. The minimum absolute atomic E-state index is 0.0270. The minimum atomic E-state index is -0.0270. The molecule has 3 aliphatic rings. The van der Waals surface area contributed by atoms with Crippen LogP contribution in [-0.4, -0.2) is 29.6 Å². The smallest absolute Gasteiger partial charge is 0.266 e. The van der Waals surface area contributed by atoms with Crippen molar-refractivity contribution in [2.24, 2.45) is 11.3 Å². The molecule has 1 aromatic carbocycles. The summed E-state index contributed by atoms with van der Waals surface area (Å²) in [6.07, 6.45) is 6.25. The zero-order valence-corrected chi connectivity index (χ0v) is 14.2. The molecule has 3 fully saturated rings.